The van der Waals surface area contributed by atoms with Crippen LogP contribution in [0.1, 0.15) is 56.3 Å². The molecule has 2 aromatic rings. The van der Waals surface area contributed by atoms with E-state index in [-0.39, 0.29) is 34.6 Å². The van der Waals surface area contributed by atoms with E-state index < -0.39 is 40.9 Å². The molecule has 2 atom stereocenters. The second kappa shape index (κ2) is 14.4. The maximum atomic E-state index is 14.3. The Balaban J connectivity index is 1.02. The molecule has 4 aliphatic rings. The van der Waals surface area contributed by atoms with Crippen molar-refractivity contribution < 1.29 is 35.9 Å². The lowest BCUT2D eigenvalue weighted by Gasteiger charge is -2.54. The number of amides is 1. The van der Waals surface area contributed by atoms with E-state index in [1.54, 1.807) is 13.8 Å². The number of hydrogen-bond acceptors (Lipinski definition) is 9. The quantitative estimate of drug-likeness (QED) is 0.356. The molecule has 1 amide bonds. The van der Waals surface area contributed by atoms with Crippen LogP contribution in [-0.2, 0) is 14.9 Å². The molecule has 1 spiro atoms. The molecule has 0 saturated carbocycles. The zero-order chi connectivity index (χ0) is 34.1. The minimum absolute atomic E-state index is 0.0331. The third-order valence-electron chi connectivity index (χ3n) is 9.84. The highest BCUT2D eigenvalue weighted by Gasteiger charge is 2.46. The van der Waals surface area contributed by atoms with E-state index in [4.69, 9.17) is 9.47 Å². The summed E-state index contributed by atoms with van der Waals surface area (Å²) in [6, 6.07) is 2.74. The number of carbonyl (C=O) groups is 1. The number of likely N-dealkylation sites (tertiary alicyclic amines) is 1. The summed E-state index contributed by atoms with van der Waals surface area (Å²) in [5.74, 6) is -0.570. The SMILES string of the molecule is CC(C)N(CC(F)F)C(=O)c1cc(F)ccc1Oc1cncnc1N1CC2(CCN(C[C@@H]3CC[C@@H](NS(=O)(=O)N4CCC4)CO3)CC2)C1. The Hall–Kier alpha value is -3.05. The van der Waals surface area contributed by atoms with Crippen molar-refractivity contribution >= 4 is 21.9 Å². The Morgan fingerprint density at radius 1 is 1.15 bits per heavy atom. The molecule has 1 aromatic carbocycles. The second-order valence-corrected chi connectivity index (χ2v) is 15.4. The highest BCUT2D eigenvalue weighted by atomic mass is 32.2. The lowest BCUT2D eigenvalue weighted by atomic mass is 9.72. The van der Waals surface area contributed by atoms with E-state index in [9.17, 15) is 26.4 Å². The van der Waals surface area contributed by atoms with Gasteiger partial charge in [-0.3, -0.25) is 4.79 Å². The molecule has 1 N–H and O–H groups in total. The Morgan fingerprint density at radius 2 is 1.90 bits per heavy atom. The molecule has 48 heavy (non-hydrogen) atoms. The molecule has 0 unspecified atom stereocenters. The van der Waals surface area contributed by atoms with Crippen LogP contribution < -0.4 is 14.4 Å². The lowest BCUT2D eigenvalue weighted by molar-refractivity contribution is -0.0301. The summed E-state index contributed by atoms with van der Waals surface area (Å²) in [4.78, 5) is 27.4. The largest absolute Gasteiger partial charge is 0.451 e. The van der Waals surface area contributed by atoms with Gasteiger partial charge < -0.3 is 24.2 Å². The second-order valence-electron chi connectivity index (χ2n) is 13.7. The van der Waals surface area contributed by atoms with E-state index in [1.165, 1.54) is 22.9 Å². The molecular weight excluding hydrogens is 651 g/mol. The summed E-state index contributed by atoms with van der Waals surface area (Å²) in [6.07, 6.45) is 4.71. The Kier molecular flexibility index (Phi) is 10.5. The van der Waals surface area contributed by atoms with Crippen LogP contribution in [0.5, 0.6) is 11.5 Å². The minimum Gasteiger partial charge on any atom is -0.451 e. The van der Waals surface area contributed by atoms with Gasteiger partial charge in [-0.05, 0) is 77.2 Å². The van der Waals surface area contributed by atoms with Crippen LogP contribution in [0, 0.1) is 11.2 Å². The van der Waals surface area contributed by atoms with Gasteiger partial charge in [-0.1, -0.05) is 0 Å². The fraction of sp³-hybridized carbons (Fsp3) is 0.656. The van der Waals surface area contributed by atoms with Crippen LogP contribution >= 0.6 is 0 Å². The van der Waals surface area contributed by atoms with Gasteiger partial charge in [-0.15, -0.1) is 0 Å². The van der Waals surface area contributed by atoms with Crippen LogP contribution in [0.2, 0.25) is 0 Å². The van der Waals surface area contributed by atoms with Crippen molar-refractivity contribution in [2.45, 2.75) is 70.6 Å². The number of benzene rings is 1. The Bertz CT molecular complexity index is 1540. The van der Waals surface area contributed by atoms with Gasteiger partial charge in [-0.25, -0.2) is 23.1 Å². The van der Waals surface area contributed by atoms with E-state index in [2.05, 4.69) is 24.5 Å². The predicted molar refractivity (Wildman–Crippen MR) is 172 cm³/mol. The fourth-order valence-corrected chi connectivity index (χ4v) is 8.41. The number of halogens is 3. The zero-order valence-corrected chi connectivity index (χ0v) is 28.2. The van der Waals surface area contributed by atoms with Crippen molar-refractivity contribution in [1.29, 1.82) is 0 Å². The summed E-state index contributed by atoms with van der Waals surface area (Å²) in [7, 11) is -3.42. The molecule has 264 valence electrons. The zero-order valence-electron chi connectivity index (χ0n) is 27.4. The van der Waals surface area contributed by atoms with Gasteiger partial charge >= 0.3 is 0 Å². The maximum absolute atomic E-state index is 14.3. The molecule has 0 aliphatic carbocycles. The molecule has 5 heterocycles. The average molecular weight is 696 g/mol. The summed E-state index contributed by atoms with van der Waals surface area (Å²) >= 11 is 0. The van der Waals surface area contributed by atoms with Crippen molar-refractivity contribution in [3.63, 3.8) is 0 Å². The summed E-state index contributed by atoms with van der Waals surface area (Å²) in [5, 5.41) is 0. The number of carbonyl (C=O) groups excluding carboxylic acids is 1. The third-order valence-corrected chi connectivity index (χ3v) is 11.5. The number of rotatable bonds is 12. The maximum Gasteiger partial charge on any atom is 0.279 e. The van der Waals surface area contributed by atoms with Crippen LogP contribution in [0.4, 0.5) is 19.0 Å². The highest BCUT2D eigenvalue weighted by molar-refractivity contribution is 7.87. The summed E-state index contributed by atoms with van der Waals surface area (Å²) < 4.78 is 82.0. The topological polar surface area (TPSA) is 120 Å². The van der Waals surface area contributed by atoms with E-state index in [0.29, 0.717) is 25.5 Å². The van der Waals surface area contributed by atoms with Gasteiger partial charge in [0, 0.05) is 50.2 Å². The van der Waals surface area contributed by atoms with Gasteiger partial charge in [-0.2, -0.15) is 17.4 Å². The molecule has 6 rings (SSSR count). The molecule has 16 heteroatoms. The summed E-state index contributed by atoms with van der Waals surface area (Å²) in [5.41, 5.74) is -0.0341. The van der Waals surface area contributed by atoms with Crippen molar-refractivity contribution in [1.82, 2.24) is 28.8 Å². The van der Waals surface area contributed by atoms with Crippen LogP contribution in [-0.4, -0.2) is 122 Å². The number of hydrogen-bond donors (Lipinski definition) is 1. The van der Waals surface area contributed by atoms with Gasteiger partial charge in [0.15, 0.2) is 11.6 Å². The number of nitrogens with one attached hydrogen (secondary N) is 1. The first kappa shape index (κ1) is 34.8. The third kappa shape index (κ3) is 7.88. The van der Waals surface area contributed by atoms with Gasteiger partial charge in [0.05, 0.1) is 31.0 Å². The number of anilines is 1. The Morgan fingerprint density at radius 3 is 2.52 bits per heavy atom. The van der Waals surface area contributed by atoms with Gasteiger partial charge in [0.1, 0.15) is 17.9 Å². The van der Waals surface area contributed by atoms with Crippen molar-refractivity contribution in [3.8, 4) is 11.5 Å². The predicted octanol–water partition coefficient (Wildman–Crippen LogP) is 3.51. The smallest absolute Gasteiger partial charge is 0.279 e. The minimum atomic E-state index is -3.42. The number of piperidine rings is 1. The molecule has 4 aliphatic heterocycles. The molecule has 12 nitrogen and oxygen atoms in total. The number of alkyl halides is 2. The summed E-state index contributed by atoms with van der Waals surface area (Å²) in [6.45, 7) is 8.20. The number of ether oxygens (including phenoxy) is 2. The van der Waals surface area contributed by atoms with Gasteiger partial charge in [0.25, 0.3) is 22.5 Å². The average Bonchev–Trinajstić information content (AvgIpc) is 2.99. The van der Waals surface area contributed by atoms with E-state index in [0.717, 1.165) is 81.9 Å². The molecule has 1 aromatic heterocycles. The highest BCUT2D eigenvalue weighted by Crippen LogP contribution is 2.45. The first-order valence-electron chi connectivity index (χ1n) is 16.6. The van der Waals surface area contributed by atoms with Crippen LogP contribution in [0.25, 0.3) is 0 Å². The van der Waals surface area contributed by atoms with Crippen LogP contribution in [0.3, 0.4) is 0 Å². The van der Waals surface area contributed by atoms with Crippen molar-refractivity contribution in [3.05, 3.63) is 42.1 Å². The first-order chi connectivity index (χ1) is 22.9. The molecule has 4 saturated heterocycles. The van der Waals surface area contributed by atoms with Crippen molar-refractivity contribution in [2.75, 3.05) is 63.9 Å². The lowest BCUT2D eigenvalue weighted by Crippen LogP contribution is -2.61. The van der Waals surface area contributed by atoms with E-state index in [1.807, 2.05) is 0 Å². The van der Waals surface area contributed by atoms with Crippen molar-refractivity contribution in [2.24, 2.45) is 5.41 Å². The first-order valence-corrected chi connectivity index (χ1v) is 18.1. The molecule has 4 fully saturated rings. The Labute approximate surface area is 279 Å². The van der Waals surface area contributed by atoms with E-state index >= 15 is 0 Å². The monoisotopic (exact) mass is 695 g/mol. The molecule has 0 bridgehead atoms. The standard InChI is InChI=1S/C32H44F3N7O5S/c1-22(2)42(17-29(34)35)31(43)26-14-23(33)4-7-27(26)47-28-15-36-21-37-30(28)40-19-32(20-40)8-12-39(13-9-32)16-25-6-5-24(18-46-25)38-48(44,45)41-10-3-11-41/h4,7,14-15,21-22,24-25,29,38H,3,5-6,8-13,16-20H2,1-2H3/t24-,25+/m1/s1. The number of nitrogens with zero attached hydrogens (tertiary/aromatic N) is 6. The fourth-order valence-electron chi connectivity index (χ4n) is 6.91. The number of aromatic nitrogens is 2. The molecule has 0 radical (unpaired) electrons. The van der Waals surface area contributed by atoms with Crippen LogP contribution in [0.15, 0.2) is 30.7 Å². The van der Waals surface area contributed by atoms with Gasteiger partial charge in [0.2, 0.25) is 0 Å². The molecular formula is C32H44F3N7O5S. The normalized spacial score (nSPS) is 23.3.